The van der Waals surface area contributed by atoms with E-state index in [4.69, 9.17) is 0 Å². The molecule has 2 aliphatic rings. The van der Waals surface area contributed by atoms with E-state index < -0.39 is 15.9 Å². The van der Waals surface area contributed by atoms with Crippen LogP contribution in [0.4, 0.5) is 10.1 Å². The highest BCUT2D eigenvalue weighted by Crippen LogP contribution is 2.32. The fourth-order valence-electron chi connectivity index (χ4n) is 4.00. The molecule has 0 spiro atoms. The fraction of sp³-hybridized carbons (Fsp3) is 0.350. The van der Waals surface area contributed by atoms with Crippen molar-refractivity contribution in [2.24, 2.45) is 0 Å². The molecule has 1 amide bonds. The van der Waals surface area contributed by atoms with Gasteiger partial charge in [-0.1, -0.05) is 29.8 Å². The SMILES string of the molecule is Cc1ccc(N2C(=O)CN(Cc3ccc(F)cc3)[C@@H]3CS(=O)(=O)C[C@@H]32)cc1. The van der Waals surface area contributed by atoms with Gasteiger partial charge in [-0.25, -0.2) is 12.8 Å². The minimum Gasteiger partial charge on any atom is -0.306 e. The summed E-state index contributed by atoms with van der Waals surface area (Å²) >= 11 is 0. The monoisotopic (exact) mass is 388 g/mol. The van der Waals surface area contributed by atoms with E-state index in [1.54, 1.807) is 17.0 Å². The fourth-order valence-corrected chi connectivity index (χ4v) is 5.98. The zero-order valence-electron chi connectivity index (χ0n) is 15.0. The first-order valence-electron chi connectivity index (χ1n) is 8.90. The van der Waals surface area contributed by atoms with Crippen LogP contribution in [0.15, 0.2) is 48.5 Å². The van der Waals surface area contributed by atoms with Crippen molar-refractivity contribution in [3.8, 4) is 0 Å². The van der Waals surface area contributed by atoms with Crippen molar-refractivity contribution < 1.29 is 17.6 Å². The number of aryl methyl sites for hydroxylation is 1. The lowest BCUT2D eigenvalue weighted by molar-refractivity contribution is -0.123. The van der Waals surface area contributed by atoms with Gasteiger partial charge in [-0.3, -0.25) is 9.69 Å². The molecule has 7 heteroatoms. The summed E-state index contributed by atoms with van der Waals surface area (Å²) in [6.45, 7) is 2.53. The zero-order chi connectivity index (χ0) is 19.2. The molecule has 0 unspecified atom stereocenters. The van der Waals surface area contributed by atoms with Crippen LogP contribution in [0.2, 0.25) is 0 Å². The average molecular weight is 388 g/mol. The topological polar surface area (TPSA) is 57.7 Å². The Bertz CT molecular complexity index is 958. The highest BCUT2D eigenvalue weighted by Gasteiger charge is 2.49. The van der Waals surface area contributed by atoms with Crippen LogP contribution in [0.25, 0.3) is 0 Å². The van der Waals surface area contributed by atoms with E-state index in [0.29, 0.717) is 6.54 Å². The Hall–Kier alpha value is -2.25. The molecule has 2 aromatic rings. The largest absolute Gasteiger partial charge is 0.306 e. The minimum absolute atomic E-state index is 0.0306. The predicted octanol–water partition coefficient (Wildman–Crippen LogP) is 2.15. The lowest BCUT2D eigenvalue weighted by Crippen LogP contribution is -2.61. The van der Waals surface area contributed by atoms with Crippen LogP contribution in [0.5, 0.6) is 0 Å². The van der Waals surface area contributed by atoms with Crippen LogP contribution in [0.3, 0.4) is 0 Å². The molecule has 0 radical (unpaired) electrons. The van der Waals surface area contributed by atoms with Crippen LogP contribution >= 0.6 is 0 Å². The van der Waals surface area contributed by atoms with E-state index in [2.05, 4.69) is 0 Å². The van der Waals surface area contributed by atoms with E-state index in [1.165, 1.54) is 12.1 Å². The van der Waals surface area contributed by atoms with Gasteiger partial charge in [-0.2, -0.15) is 0 Å². The highest BCUT2D eigenvalue weighted by atomic mass is 32.2. The van der Waals surface area contributed by atoms with Crippen LogP contribution in [0, 0.1) is 12.7 Å². The second-order valence-electron chi connectivity index (χ2n) is 7.34. The molecule has 0 N–H and O–H groups in total. The molecule has 4 rings (SSSR count). The second-order valence-corrected chi connectivity index (χ2v) is 9.50. The highest BCUT2D eigenvalue weighted by molar-refractivity contribution is 7.91. The zero-order valence-corrected chi connectivity index (χ0v) is 15.8. The van der Waals surface area contributed by atoms with Crippen molar-refractivity contribution in [2.75, 3.05) is 23.0 Å². The molecule has 2 aromatic carbocycles. The minimum atomic E-state index is -3.23. The maximum atomic E-state index is 13.2. The number of hydrogen-bond acceptors (Lipinski definition) is 4. The average Bonchev–Trinajstić information content (AvgIpc) is 2.93. The standard InChI is InChI=1S/C20H21FN2O3S/c1-14-2-8-17(9-3-14)23-19-13-27(25,26)12-18(19)22(11-20(23)24)10-15-4-6-16(21)7-5-15/h2-9,18-19H,10-13H2,1H3/t18-,19+/m1/s1. The molecule has 2 atom stereocenters. The van der Waals surface area contributed by atoms with Crippen molar-refractivity contribution >= 4 is 21.4 Å². The Balaban J connectivity index is 1.65. The van der Waals surface area contributed by atoms with E-state index in [1.807, 2.05) is 36.1 Å². The first kappa shape index (κ1) is 18.1. The van der Waals surface area contributed by atoms with Gasteiger partial charge in [-0.05, 0) is 36.8 Å². The number of hydrogen-bond donors (Lipinski definition) is 0. The van der Waals surface area contributed by atoms with Crippen LogP contribution in [-0.2, 0) is 21.2 Å². The van der Waals surface area contributed by atoms with E-state index in [9.17, 15) is 17.6 Å². The number of amides is 1. The summed E-state index contributed by atoms with van der Waals surface area (Å²) in [5.74, 6) is -0.425. The van der Waals surface area contributed by atoms with Gasteiger partial charge in [0.1, 0.15) is 5.82 Å². The van der Waals surface area contributed by atoms with Gasteiger partial charge >= 0.3 is 0 Å². The Labute approximate surface area is 158 Å². The van der Waals surface area contributed by atoms with E-state index in [0.717, 1.165) is 16.8 Å². The van der Waals surface area contributed by atoms with Gasteiger partial charge in [-0.15, -0.1) is 0 Å². The molecule has 0 saturated carbocycles. The van der Waals surface area contributed by atoms with Crippen molar-refractivity contribution in [3.63, 3.8) is 0 Å². The number of rotatable bonds is 3. The smallest absolute Gasteiger partial charge is 0.241 e. The van der Waals surface area contributed by atoms with Crippen molar-refractivity contribution in [2.45, 2.75) is 25.6 Å². The summed E-state index contributed by atoms with van der Waals surface area (Å²) in [6.07, 6.45) is 0. The van der Waals surface area contributed by atoms with Crippen LogP contribution in [0.1, 0.15) is 11.1 Å². The molecule has 2 heterocycles. The summed E-state index contributed by atoms with van der Waals surface area (Å²) < 4.78 is 37.9. The Kier molecular flexibility index (Phi) is 4.52. The van der Waals surface area contributed by atoms with Crippen molar-refractivity contribution in [1.29, 1.82) is 0 Å². The van der Waals surface area contributed by atoms with Crippen LogP contribution in [-0.4, -0.2) is 49.4 Å². The second kappa shape index (κ2) is 6.73. The first-order valence-corrected chi connectivity index (χ1v) is 10.7. The summed E-state index contributed by atoms with van der Waals surface area (Å²) in [5, 5.41) is 0. The summed E-state index contributed by atoms with van der Waals surface area (Å²) in [4.78, 5) is 16.5. The van der Waals surface area contributed by atoms with Gasteiger partial charge < -0.3 is 4.90 Å². The maximum Gasteiger partial charge on any atom is 0.241 e. The Morgan fingerprint density at radius 3 is 2.30 bits per heavy atom. The lowest BCUT2D eigenvalue weighted by Gasteiger charge is -2.43. The third-order valence-corrected chi connectivity index (χ3v) is 7.01. The predicted molar refractivity (Wildman–Crippen MR) is 102 cm³/mol. The van der Waals surface area contributed by atoms with Gasteiger partial charge in [0.05, 0.1) is 24.1 Å². The quantitative estimate of drug-likeness (QED) is 0.809. The summed E-state index contributed by atoms with van der Waals surface area (Å²) in [7, 11) is -3.23. The Morgan fingerprint density at radius 1 is 1.00 bits per heavy atom. The number of anilines is 1. The van der Waals surface area contributed by atoms with Gasteiger partial charge in [0.15, 0.2) is 9.84 Å². The van der Waals surface area contributed by atoms with Crippen molar-refractivity contribution in [3.05, 3.63) is 65.5 Å². The molecular formula is C20H21FN2O3S. The summed E-state index contributed by atoms with van der Waals surface area (Å²) in [5.41, 5.74) is 2.67. The first-order chi connectivity index (χ1) is 12.8. The number of fused-ring (bicyclic) bond motifs is 1. The van der Waals surface area contributed by atoms with E-state index in [-0.39, 0.29) is 35.8 Å². The number of carbonyl (C=O) groups excluding carboxylic acids is 1. The molecular weight excluding hydrogens is 367 g/mol. The molecule has 2 aliphatic heterocycles. The molecule has 0 aromatic heterocycles. The van der Waals surface area contributed by atoms with E-state index >= 15 is 0 Å². The molecule has 142 valence electrons. The number of carbonyl (C=O) groups is 1. The van der Waals surface area contributed by atoms with Crippen molar-refractivity contribution in [1.82, 2.24) is 4.90 Å². The number of halogens is 1. The molecule has 0 bridgehead atoms. The lowest BCUT2D eigenvalue weighted by atomic mass is 10.0. The number of nitrogens with zero attached hydrogens (tertiary/aromatic N) is 2. The van der Waals surface area contributed by atoms with Gasteiger partial charge in [0.2, 0.25) is 5.91 Å². The number of benzene rings is 2. The van der Waals surface area contributed by atoms with Gasteiger partial charge in [0.25, 0.3) is 0 Å². The summed E-state index contributed by atoms with van der Waals surface area (Å²) in [6, 6.07) is 13.0. The molecule has 27 heavy (non-hydrogen) atoms. The Morgan fingerprint density at radius 2 is 1.63 bits per heavy atom. The van der Waals surface area contributed by atoms with Gasteiger partial charge in [0, 0.05) is 18.3 Å². The normalized spacial score (nSPS) is 24.8. The third kappa shape index (κ3) is 3.61. The van der Waals surface area contributed by atoms with Crippen LogP contribution < -0.4 is 4.90 Å². The molecule has 2 saturated heterocycles. The molecule has 0 aliphatic carbocycles. The molecule has 2 fully saturated rings. The third-order valence-electron chi connectivity index (χ3n) is 5.31. The maximum absolute atomic E-state index is 13.2. The molecule has 5 nitrogen and oxygen atoms in total. The number of sulfone groups is 1. The number of piperazine rings is 1.